The summed E-state index contributed by atoms with van der Waals surface area (Å²) in [5, 5.41) is 4.74. The average Bonchev–Trinajstić information content (AvgIpc) is 2.51. The van der Waals surface area contributed by atoms with E-state index in [2.05, 4.69) is 10.1 Å². The van der Waals surface area contributed by atoms with Crippen molar-refractivity contribution >= 4 is 45.8 Å². The van der Waals surface area contributed by atoms with Crippen LogP contribution < -0.4 is 0 Å². The maximum atomic E-state index is 5.96. The third-order valence-electron chi connectivity index (χ3n) is 1.56. The highest BCUT2D eigenvalue weighted by Crippen LogP contribution is 2.29. The zero-order valence-electron chi connectivity index (χ0n) is 6.67. The monoisotopic (exact) mass is 340 g/mol. The van der Waals surface area contributed by atoms with Gasteiger partial charge in [-0.2, -0.15) is 4.98 Å². The second-order valence-electron chi connectivity index (χ2n) is 2.49. The van der Waals surface area contributed by atoms with Crippen molar-refractivity contribution in [3.63, 3.8) is 0 Å². The Morgan fingerprint density at radius 3 is 2.64 bits per heavy atom. The fourth-order valence-electron chi connectivity index (χ4n) is 0.978. The molecule has 72 valence electrons. The van der Waals surface area contributed by atoms with Crippen LogP contribution in [0.2, 0.25) is 10.0 Å². The molecule has 0 spiro atoms. The van der Waals surface area contributed by atoms with E-state index in [-0.39, 0.29) is 0 Å². The van der Waals surface area contributed by atoms with E-state index in [0.29, 0.717) is 25.3 Å². The first-order chi connectivity index (χ1) is 6.66. The lowest BCUT2D eigenvalue weighted by Gasteiger charge is -1.97. The molecule has 6 heteroatoms. The van der Waals surface area contributed by atoms with Crippen molar-refractivity contribution in [2.75, 3.05) is 0 Å². The number of hydrogen-bond donors (Lipinski definition) is 0. The van der Waals surface area contributed by atoms with Gasteiger partial charge < -0.3 is 4.52 Å². The summed E-state index contributed by atoms with van der Waals surface area (Å²) < 4.78 is 5.52. The van der Waals surface area contributed by atoms with Crippen molar-refractivity contribution in [3.05, 3.63) is 32.1 Å². The quantitative estimate of drug-likeness (QED) is 0.744. The molecule has 14 heavy (non-hydrogen) atoms. The van der Waals surface area contributed by atoms with Gasteiger partial charge in [0.2, 0.25) is 3.83 Å². The molecule has 0 aliphatic heterocycles. The summed E-state index contributed by atoms with van der Waals surface area (Å²) in [6.45, 7) is 0. The van der Waals surface area contributed by atoms with Gasteiger partial charge in [-0.1, -0.05) is 28.4 Å². The molecule has 2 rings (SSSR count). The maximum Gasteiger partial charge on any atom is 0.260 e. The molecule has 1 aromatic carbocycles. The van der Waals surface area contributed by atoms with Crippen LogP contribution in [0.4, 0.5) is 0 Å². The summed E-state index contributed by atoms with van der Waals surface area (Å²) >= 11 is 13.7. The average molecular weight is 341 g/mol. The molecule has 1 aromatic heterocycles. The van der Waals surface area contributed by atoms with Crippen molar-refractivity contribution in [2.24, 2.45) is 0 Å². The Hall–Kier alpha value is -0.330. The van der Waals surface area contributed by atoms with E-state index in [9.17, 15) is 0 Å². The van der Waals surface area contributed by atoms with E-state index >= 15 is 0 Å². The molecule has 0 radical (unpaired) electrons. The SMILES string of the molecule is Clc1ccc(-c2nc(I)no2)c(Cl)c1. The molecule has 2 aromatic rings. The first kappa shape index (κ1) is 10.2. The van der Waals surface area contributed by atoms with Crippen LogP contribution in [0.15, 0.2) is 22.7 Å². The number of rotatable bonds is 1. The molecule has 0 saturated carbocycles. The highest BCUT2D eigenvalue weighted by atomic mass is 127. The highest BCUT2D eigenvalue weighted by molar-refractivity contribution is 14.1. The second-order valence-corrected chi connectivity index (χ2v) is 4.30. The highest BCUT2D eigenvalue weighted by Gasteiger charge is 2.10. The fourth-order valence-corrected chi connectivity index (χ4v) is 1.78. The minimum Gasteiger partial charge on any atom is -0.333 e. The molecule has 0 unspecified atom stereocenters. The number of halogens is 3. The largest absolute Gasteiger partial charge is 0.333 e. The topological polar surface area (TPSA) is 38.9 Å². The lowest BCUT2D eigenvalue weighted by Crippen LogP contribution is -1.79. The predicted molar refractivity (Wildman–Crippen MR) is 62.5 cm³/mol. The van der Waals surface area contributed by atoms with Crippen LogP contribution in [-0.4, -0.2) is 10.1 Å². The van der Waals surface area contributed by atoms with Gasteiger partial charge in [-0.3, -0.25) is 0 Å². The molecule has 0 fully saturated rings. The Balaban J connectivity index is 2.52. The summed E-state index contributed by atoms with van der Waals surface area (Å²) in [5.41, 5.74) is 0.687. The van der Waals surface area contributed by atoms with E-state index in [1.807, 2.05) is 22.6 Å². The van der Waals surface area contributed by atoms with Crippen molar-refractivity contribution in [3.8, 4) is 11.5 Å². The van der Waals surface area contributed by atoms with Crippen LogP contribution in [0.3, 0.4) is 0 Å². The molecule has 0 atom stereocenters. The Morgan fingerprint density at radius 1 is 1.29 bits per heavy atom. The van der Waals surface area contributed by atoms with Crippen LogP contribution in [-0.2, 0) is 0 Å². The van der Waals surface area contributed by atoms with E-state index < -0.39 is 0 Å². The number of benzene rings is 1. The van der Waals surface area contributed by atoms with E-state index in [0.717, 1.165) is 0 Å². The Kier molecular flexibility index (Phi) is 2.94. The summed E-state index contributed by atoms with van der Waals surface area (Å²) in [5.74, 6) is 0.399. The van der Waals surface area contributed by atoms with Crippen LogP contribution in [0, 0.1) is 3.83 Å². The van der Waals surface area contributed by atoms with Crippen LogP contribution in [0.5, 0.6) is 0 Å². The van der Waals surface area contributed by atoms with E-state index in [1.54, 1.807) is 18.2 Å². The minimum atomic E-state index is 0.399. The van der Waals surface area contributed by atoms with Gasteiger partial charge in [0.15, 0.2) is 0 Å². The third kappa shape index (κ3) is 2.02. The second kappa shape index (κ2) is 4.04. The molecule has 1 heterocycles. The summed E-state index contributed by atoms with van der Waals surface area (Å²) in [4.78, 5) is 4.05. The lowest BCUT2D eigenvalue weighted by molar-refractivity contribution is 0.426. The van der Waals surface area contributed by atoms with Gasteiger partial charge in [-0.25, -0.2) is 0 Å². The van der Waals surface area contributed by atoms with Crippen LogP contribution in [0.1, 0.15) is 0 Å². The Labute approximate surface area is 104 Å². The normalized spacial score (nSPS) is 10.5. The lowest BCUT2D eigenvalue weighted by atomic mass is 10.2. The summed E-state index contributed by atoms with van der Waals surface area (Å²) in [6.07, 6.45) is 0. The first-order valence-electron chi connectivity index (χ1n) is 3.61. The number of hydrogen-bond acceptors (Lipinski definition) is 3. The van der Waals surface area contributed by atoms with Gasteiger partial charge in [0.1, 0.15) is 0 Å². The molecule has 0 amide bonds. The number of aromatic nitrogens is 2. The smallest absolute Gasteiger partial charge is 0.260 e. The molecule has 0 bridgehead atoms. The van der Waals surface area contributed by atoms with Gasteiger partial charge in [0, 0.05) is 27.6 Å². The van der Waals surface area contributed by atoms with Gasteiger partial charge in [-0.05, 0) is 18.2 Å². The minimum absolute atomic E-state index is 0.399. The van der Waals surface area contributed by atoms with E-state index in [4.69, 9.17) is 27.7 Å². The standard InChI is InChI=1S/C8H3Cl2IN2O/c9-4-1-2-5(6(10)3-4)7-12-8(11)13-14-7/h1-3H. The Morgan fingerprint density at radius 2 is 2.07 bits per heavy atom. The van der Waals surface area contributed by atoms with Crippen molar-refractivity contribution in [1.82, 2.24) is 10.1 Å². The van der Waals surface area contributed by atoms with Crippen LogP contribution in [0.25, 0.3) is 11.5 Å². The molecule has 0 N–H and O–H groups in total. The number of nitrogens with zero attached hydrogens (tertiary/aromatic N) is 2. The molecular formula is C8H3Cl2IN2O. The van der Waals surface area contributed by atoms with Gasteiger partial charge >= 0.3 is 0 Å². The van der Waals surface area contributed by atoms with Gasteiger partial charge in [0.05, 0.1) is 10.6 Å². The van der Waals surface area contributed by atoms with Gasteiger partial charge in [0.25, 0.3) is 5.89 Å². The first-order valence-corrected chi connectivity index (χ1v) is 5.45. The molecule has 0 aliphatic rings. The van der Waals surface area contributed by atoms with Crippen LogP contribution >= 0.6 is 45.8 Å². The molecule has 0 saturated heterocycles. The zero-order chi connectivity index (χ0) is 10.1. The van der Waals surface area contributed by atoms with Crippen molar-refractivity contribution in [2.45, 2.75) is 0 Å². The predicted octanol–water partition coefficient (Wildman–Crippen LogP) is 3.65. The van der Waals surface area contributed by atoms with Crippen molar-refractivity contribution in [1.29, 1.82) is 0 Å². The van der Waals surface area contributed by atoms with E-state index in [1.165, 1.54) is 0 Å². The maximum absolute atomic E-state index is 5.96. The zero-order valence-corrected chi connectivity index (χ0v) is 10.3. The van der Waals surface area contributed by atoms with Crippen molar-refractivity contribution < 1.29 is 4.52 Å². The summed E-state index contributed by atoms with van der Waals surface area (Å²) in [7, 11) is 0. The molecular weight excluding hydrogens is 338 g/mol. The fraction of sp³-hybridized carbons (Fsp3) is 0. The molecule has 0 aliphatic carbocycles. The molecule has 3 nitrogen and oxygen atoms in total. The third-order valence-corrected chi connectivity index (χ3v) is 2.55. The van der Waals surface area contributed by atoms with Gasteiger partial charge in [-0.15, -0.1) is 0 Å². The Bertz CT molecular complexity index is 472. The summed E-state index contributed by atoms with van der Waals surface area (Å²) in [6, 6.07) is 5.10.